The number of amides is 1. The molecular weight excluding hydrogens is 387 g/mol. The van der Waals surface area contributed by atoms with E-state index in [4.69, 9.17) is 4.74 Å². The first-order chi connectivity index (χ1) is 11.6. The minimum absolute atomic E-state index is 0.0801. The highest BCUT2D eigenvalue weighted by atomic mass is 19.4. The number of nitrogens with zero attached hydrogens (tertiary/aromatic N) is 2. The Kier molecular flexibility index (Phi) is 6.83. The molecule has 1 saturated heterocycles. The number of rotatable bonds is 7. The van der Waals surface area contributed by atoms with Crippen molar-refractivity contribution < 1.29 is 49.0 Å². The summed E-state index contributed by atoms with van der Waals surface area (Å²) in [6.45, 7) is 1.34. The first kappa shape index (κ1) is 22.8. The molecule has 4 nitrogen and oxygen atoms in total. The zero-order chi connectivity index (χ0) is 20.4. The first-order valence-electron chi connectivity index (χ1n) is 7.38. The number of ether oxygens (including phenoxy) is 1. The van der Waals surface area contributed by atoms with Gasteiger partial charge < -0.3 is 9.64 Å². The number of morpholine rings is 1. The standard InChI is InChI=1S/C13H17F9N2O2/c1-23(2-3-24-4-6-26-7-5-24)9(25)10(14,15)8-11(16,17)12(18,19)13(20,21)22/h2-8H2,1H3. The average molecular weight is 404 g/mol. The zero-order valence-corrected chi connectivity index (χ0v) is 13.6. The van der Waals surface area contributed by atoms with Crippen LogP contribution in [-0.2, 0) is 9.53 Å². The quantitative estimate of drug-likeness (QED) is 0.612. The van der Waals surface area contributed by atoms with Gasteiger partial charge in [-0.05, 0) is 0 Å². The highest BCUT2D eigenvalue weighted by Crippen LogP contribution is 2.50. The van der Waals surface area contributed by atoms with Crippen molar-refractivity contribution in [3.63, 3.8) is 0 Å². The van der Waals surface area contributed by atoms with Gasteiger partial charge in [0, 0.05) is 33.2 Å². The molecule has 0 unspecified atom stereocenters. The van der Waals surface area contributed by atoms with E-state index in [1.807, 2.05) is 0 Å². The molecule has 1 rings (SSSR count). The molecule has 0 radical (unpaired) electrons. The first-order valence-corrected chi connectivity index (χ1v) is 7.38. The van der Waals surface area contributed by atoms with Gasteiger partial charge in [0.05, 0.1) is 19.6 Å². The molecule has 13 heteroatoms. The molecule has 0 spiro atoms. The number of likely N-dealkylation sites (N-methyl/N-ethyl adjacent to an activating group) is 1. The maximum Gasteiger partial charge on any atom is 0.459 e. The normalized spacial score (nSPS) is 18.1. The van der Waals surface area contributed by atoms with Crippen LogP contribution in [0, 0.1) is 0 Å². The molecule has 0 atom stereocenters. The van der Waals surface area contributed by atoms with Crippen LogP contribution in [0.5, 0.6) is 0 Å². The fourth-order valence-electron chi connectivity index (χ4n) is 2.17. The van der Waals surface area contributed by atoms with Crippen LogP contribution in [0.2, 0.25) is 0 Å². The molecule has 0 bridgehead atoms. The number of carbonyl (C=O) groups is 1. The molecule has 1 amide bonds. The summed E-state index contributed by atoms with van der Waals surface area (Å²) in [6, 6.07) is 0. The van der Waals surface area contributed by atoms with Crippen molar-refractivity contribution in [2.45, 2.75) is 30.4 Å². The van der Waals surface area contributed by atoms with Crippen LogP contribution in [-0.4, -0.2) is 86.1 Å². The average Bonchev–Trinajstić information content (AvgIpc) is 2.50. The van der Waals surface area contributed by atoms with Gasteiger partial charge in [-0.25, -0.2) is 0 Å². The van der Waals surface area contributed by atoms with E-state index < -0.39 is 36.3 Å². The summed E-state index contributed by atoms with van der Waals surface area (Å²) >= 11 is 0. The highest BCUT2D eigenvalue weighted by Gasteiger charge is 2.75. The maximum atomic E-state index is 13.6. The lowest BCUT2D eigenvalue weighted by Crippen LogP contribution is -2.56. The largest absolute Gasteiger partial charge is 0.459 e. The van der Waals surface area contributed by atoms with E-state index in [9.17, 15) is 44.3 Å². The topological polar surface area (TPSA) is 32.8 Å². The summed E-state index contributed by atoms with van der Waals surface area (Å²) in [4.78, 5) is 13.6. The lowest BCUT2D eigenvalue weighted by molar-refractivity contribution is -0.361. The van der Waals surface area contributed by atoms with E-state index >= 15 is 0 Å². The lowest BCUT2D eigenvalue weighted by atomic mass is 10.0. The molecule has 0 N–H and O–H groups in total. The fraction of sp³-hybridized carbons (Fsp3) is 0.923. The summed E-state index contributed by atoms with van der Waals surface area (Å²) in [6.07, 6.45) is -9.99. The molecule has 154 valence electrons. The third kappa shape index (κ3) is 5.15. The Morgan fingerprint density at radius 3 is 1.96 bits per heavy atom. The molecule has 0 saturated carbocycles. The Balaban J connectivity index is 2.73. The molecule has 0 aromatic heterocycles. The number of alkyl halides is 9. The Hall–Kier alpha value is -1.24. The van der Waals surface area contributed by atoms with Gasteiger partial charge in [-0.1, -0.05) is 0 Å². The minimum atomic E-state index is -6.74. The minimum Gasteiger partial charge on any atom is -0.379 e. The van der Waals surface area contributed by atoms with Crippen molar-refractivity contribution in [2.24, 2.45) is 0 Å². The molecule has 1 aliphatic heterocycles. The van der Waals surface area contributed by atoms with Gasteiger partial charge in [0.1, 0.15) is 0 Å². The van der Waals surface area contributed by atoms with Crippen molar-refractivity contribution in [3.8, 4) is 0 Å². The SMILES string of the molecule is CN(CCN1CCOCC1)C(=O)C(F)(F)CC(F)(F)C(F)(F)C(F)(F)F. The molecule has 0 aliphatic carbocycles. The van der Waals surface area contributed by atoms with Crippen LogP contribution in [0.15, 0.2) is 0 Å². The second-order valence-electron chi connectivity index (χ2n) is 5.84. The van der Waals surface area contributed by atoms with Gasteiger partial charge >= 0.3 is 23.9 Å². The van der Waals surface area contributed by atoms with E-state index in [1.54, 1.807) is 4.90 Å². The predicted octanol–water partition coefficient (Wildman–Crippen LogP) is 2.64. The molecule has 1 fully saturated rings. The van der Waals surface area contributed by atoms with Crippen molar-refractivity contribution in [1.29, 1.82) is 0 Å². The van der Waals surface area contributed by atoms with Crippen molar-refractivity contribution in [3.05, 3.63) is 0 Å². The van der Waals surface area contributed by atoms with Gasteiger partial charge in [-0.2, -0.15) is 39.5 Å². The molecule has 0 aromatic carbocycles. The third-order valence-electron chi connectivity index (χ3n) is 3.77. The molecule has 1 aliphatic rings. The maximum absolute atomic E-state index is 13.6. The van der Waals surface area contributed by atoms with Crippen LogP contribution in [0.1, 0.15) is 6.42 Å². The lowest BCUT2D eigenvalue weighted by Gasteiger charge is -2.32. The molecule has 1 heterocycles. The second kappa shape index (κ2) is 7.79. The zero-order valence-electron chi connectivity index (χ0n) is 13.6. The van der Waals surface area contributed by atoms with E-state index in [1.165, 1.54) is 0 Å². The molecule has 0 aromatic rings. The summed E-state index contributed by atoms with van der Waals surface area (Å²) in [5, 5.41) is 0. The fourth-order valence-corrected chi connectivity index (χ4v) is 2.17. The monoisotopic (exact) mass is 404 g/mol. The Morgan fingerprint density at radius 1 is 1.00 bits per heavy atom. The van der Waals surface area contributed by atoms with Crippen LogP contribution in [0.4, 0.5) is 39.5 Å². The van der Waals surface area contributed by atoms with Gasteiger partial charge in [0.15, 0.2) is 0 Å². The van der Waals surface area contributed by atoms with Crippen LogP contribution in [0.3, 0.4) is 0 Å². The van der Waals surface area contributed by atoms with E-state index in [-0.39, 0.29) is 13.1 Å². The highest BCUT2D eigenvalue weighted by molar-refractivity contribution is 5.83. The Morgan fingerprint density at radius 2 is 1.50 bits per heavy atom. The van der Waals surface area contributed by atoms with Crippen LogP contribution in [0.25, 0.3) is 0 Å². The van der Waals surface area contributed by atoms with Gasteiger partial charge in [0.2, 0.25) is 0 Å². The predicted molar refractivity (Wildman–Crippen MR) is 70.4 cm³/mol. The number of hydrogen-bond donors (Lipinski definition) is 0. The third-order valence-corrected chi connectivity index (χ3v) is 3.77. The number of halogens is 9. The smallest absolute Gasteiger partial charge is 0.379 e. The Bertz CT molecular complexity index is 490. The molecular formula is C13H17F9N2O2. The van der Waals surface area contributed by atoms with E-state index in [2.05, 4.69) is 0 Å². The summed E-state index contributed by atoms with van der Waals surface area (Å²) in [5.41, 5.74) is 0. The van der Waals surface area contributed by atoms with Gasteiger partial charge in [0.25, 0.3) is 5.91 Å². The second-order valence-corrected chi connectivity index (χ2v) is 5.84. The summed E-state index contributed by atoms with van der Waals surface area (Å²) < 4.78 is 120. The van der Waals surface area contributed by atoms with Crippen molar-refractivity contribution in [2.75, 3.05) is 46.4 Å². The van der Waals surface area contributed by atoms with Gasteiger partial charge in [-0.3, -0.25) is 9.69 Å². The van der Waals surface area contributed by atoms with Crippen LogP contribution < -0.4 is 0 Å². The summed E-state index contributed by atoms with van der Waals surface area (Å²) in [7, 11) is 0.816. The van der Waals surface area contributed by atoms with Crippen LogP contribution >= 0.6 is 0 Å². The van der Waals surface area contributed by atoms with Gasteiger partial charge in [-0.15, -0.1) is 0 Å². The van der Waals surface area contributed by atoms with Crippen molar-refractivity contribution >= 4 is 5.91 Å². The number of hydrogen-bond acceptors (Lipinski definition) is 3. The Labute approximate surface area is 142 Å². The molecule has 26 heavy (non-hydrogen) atoms. The van der Waals surface area contributed by atoms with E-state index in [0.29, 0.717) is 31.2 Å². The van der Waals surface area contributed by atoms with Crippen molar-refractivity contribution in [1.82, 2.24) is 9.80 Å². The van der Waals surface area contributed by atoms with E-state index in [0.717, 1.165) is 7.05 Å². The summed E-state index contributed by atoms with van der Waals surface area (Å²) in [5.74, 6) is -20.2. The number of carbonyl (C=O) groups excluding carboxylic acids is 1.